The van der Waals surface area contributed by atoms with Crippen LogP contribution in [0.5, 0.6) is 0 Å². The van der Waals surface area contributed by atoms with Gasteiger partial charge >= 0.3 is 0 Å². The van der Waals surface area contributed by atoms with Crippen molar-refractivity contribution in [2.75, 3.05) is 33.2 Å². The van der Waals surface area contributed by atoms with E-state index in [2.05, 4.69) is 11.9 Å². The van der Waals surface area contributed by atoms with Gasteiger partial charge in [-0.25, -0.2) is 0 Å². The van der Waals surface area contributed by atoms with Gasteiger partial charge in [0.1, 0.15) is 17.8 Å². The first-order valence-electron chi connectivity index (χ1n) is 8.28. The van der Waals surface area contributed by atoms with E-state index in [9.17, 15) is 9.59 Å². The van der Waals surface area contributed by atoms with Gasteiger partial charge in [0.25, 0.3) is 5.91 Å². The van der Waals surface area contributed by atoms with Crippen molar-refractivity contribution in [1.29, 1.82) is 0 Å². The number of furan rings is 1. The van der Waals surface area contributed by atoms with Crippen LogP contribution in [-0.2, 0) is 11.2 Å². The zero-order valence-electron chi connectivity index (χ0n) is 13.9. The van der Waals surface area contributed by atoms with Gasteiger partial charge in [-0.1, -0.05) is 12.1 Å². The number of carbonyl (C=O) groups excluding carboxylic acids is 2. The Balaban J connectivity index is 1.78. The lowest BCUT2D eigenvalue weighted by Crippen LogP contribution is -2.34. The number of amides is 1. The van der Waals surface area contributed by atoms with Crippen LogP contribution in [0.3, 0.4) is 0 Å². The highest BCUT2D eigenvalue weighted by Crippen LogP contribution is 2.24. The molecule has 0 spiro atoms. The molecule has 0 N–H and O–H groups in total. The van der Waals surface area contributed by atoms with Crippen LogP contribution >= 0.6 is 0 Å². The van der Waals surface area contributed by atoms with Gasteiger partial charge < -0.3 is 19.0 Å². The van der Waals surface area contributed by atoms with Crippen LogP contribution in [0.1, 0.15) is 22.5 Å². The molecule has 2 heterocycles. The molecule has 1 fully saturated rings. The molecule has 0 atom stereocenters. The number of benzene rings is 1. The number of likely N-dealkylation sites (N-methyl/N-ethyl adjacent to an activating group) is 1. The summed E-state index contributed by atoms with van der Waals surface area (Å²) in [7, 11) is 2.09. The summed E-state index contributed by atoms with van der Waals surface area (Å²) in [6, 6.07) is 11.1. The van der Waals surface area contributed by atoms with E-state index < -0.39 is 0 Å². The Labute approximate surface area is 141 Å². The minimum Gasteiger partial charge on any atom is -0.461 e. The van der Waals surface area contributed by atoms with Gasteiger partial charge in [-0.3, -0.25) is 4.79 Å². The summed E-state index contributed by atoms with van der Waals surface area (Å²) in [5.74, 6) is 1.37. The van der Waals surface area contributed by atoms with Crippen LogP contribution in [-0.4, -0.2) is 55.2 Å². The lowest BCUT2D eigenvalue weighted by Gasteiger charge is -2.20. The molecule has 24 heavy (non-hydrogen) atoms. The smallest absolute Gasteiger partial charge is 0.253 e. The first kappa shape index (κ1) is 16.5. The Morgan fingerprint density at radius 1 is 1.17 bits per heavy atom. The van der Waals surface area contributed by atoms with Gasteiger partial charge in [-0.05, 0) is 44.3 Å². The molecule has 2 aromatic rings. The van der Waals surface area contributed by atoms with Crippen LogP contribution in [0.2, 0.25) is 0 Å². The predicted octanol–water partition coefficient (Wildman–Crippen LogP) is 2.47. The van der Waals surface area contributed by atoms with E-state index in [1.165, 1.54) is 0 Å². The van der Waals surface area contributed by atoms with E-state index in [-0.39, 0.29) is 12.3 Å². The summed E-state index contributed by atoms with van der Waals surface area (Å²) >= 11 is 0. The summed E-state index contributed by atoms with van der Waals surface area (Å²) in [6.07, 6.45) is 2.08. The van der Waals surface area contributed by atoms with Gasteiger partial charge in [0.2, 0.25) is 0 Å². The second-order valence-electron chi connectivity index (χ2n) is 6.17. The number of nitrogens with zero attached hydrogens (tertiary/aromatic N) is 2. The number of carbonyl (C=O) groups is 2. The van der Waals surface area contributed by atoms with Crippen molar-refractivity contribution in [3.05, 3.63) is 47.7 Å². The standard InChI is InChI=1S/C19H22N2O3/c1-20-9-3-10-21(12-11-20)19(23)16-5-2-4-15(14-16)18-7-6-17(24-18)8-13-22/h2,4-7,13-14H,3,8-12H2,1H3. The Kier molecular flexibility index (Phi) is 5.11. The summed E-state index contributed by atoms with van der Waals surface area (Å²) < 4.78 is 5.66. The van der Waals surface area contributed by atoms with Crippen molar-refractivity contribution in [3.8, 4) is 11.3 Å². The Bertz CT molecular complexity index is 723. The van der Waals surface area contributed by atoms with Crippen molar-refractivity contribution in [3.63, 3.8) is 0 Å². The highest BCUT2D eigenvalue weighted by Gasteiger charge is 2.19. The minimum absolute atomic E-state index is 0.0619. The number of hydrogen-bond acceptors (Lipinski definition) is 4. The van der Waals surface area contributed by atoms with Crippen LogP contribution < -0.4 is 0 Å². The van der Waals surface area contributed by atoms with Crippen molar-refractivity contribution >= 4 is 12.2 Å². The molecule has 0 unspecified atom stereocenters. The summed E-state index contributed by atoms with van der Waals surface area (Å²) in [5, 5.41) is 0. The molecule has 5 nitrogen and oxygen atoms in total. The molecule has 1 amide bonds. The van der Waals surface area contributed by atoms with Gasteiger partial charge in [0.15, 0.2) is 0 Å². The van der Waals surface area contributed by atoms with Crippen LogP contribution in [0.15, 0.2) is 40.8 Å². The van der Waals surface area contributed by atoms with E-state index in [1.54, 1.807) is 6.07 Å². The minimum atomic E-state index is 0.0619. The third kappa shape index (κ3) is 3.74. The lowest BCUT2D eigenvalue weighted by atomic mass is 10.1. The van der Waals surface area contributed by atoms with Gasteiger partial charge in [-0.2, -0.15) is 0 Å². The van der Waals surface area contributed by atoms with Gasteiger partial charge in [-0.15, -0.1) is 0 Å². The van der Waals surface area contributed by atoms with Crippen LogP contribution in [0.25, 0.3) is 11.3 Å². The topological polar surface area (TPSA) is 53.8 Å². The quantitative estimate of drug-likeness (QED) is 0.810. The Morgan fingerprint density at radius 3 is 2.88 bits per heavy atom. The normalized spacial score (nSPS) is 16.0. The summed E-state index contributed by atoms with van der Waals surface area (Å²) in [6.45, 7) is 3.47. The van der Waals surface area contributed by atoms with Crippen molar-refractivity contribution in [1.82, 2.24) is 9.80 Å². The molecule has 0 radical (unpaired) electrons. The molecule has 1 aliphatic rings. The molecule has 1 saturated heterocycles. The summed E-state index contributed by atoms with van der Waals surface area (Å²) in [5.41, 5.74) is 1.52. The molecule has 0 saturated carbocycles. The van der Waals surface area contributed by atoms with E-state index in [0.717, 1.165) is 44.4 Å². The fraction of sp³-hybridized carbons (Fsp3) is 0.368. The van der Waals surface area contributed by atoms with Crippen LogP contribution in [0, 0.1) is 0 Å². The molecule has 1 aliphatic heterocycles. The molecular formula is C19H22N2O3. The number of rotatable bonds is 4. The van der Waals surface area contributed by atoms with Crippen molar-refractivity contribution in [2.45, 2.75) is 12.8 Å². The highest BCUT2D eigenvalue weighted by molar-refractivity contribution is 5.95. The Morgan fingerprint density at radius 2 is 2.04 bits per heavy atom. The summed E-state index contributed by atoms with van der Waals surface area (Å²) in [4.78, 5) is 27.5. The van der Waals surface area contributed by atoms with Crippen molar-refractivity contribution < 1.29 is 14.0 Å². The first-order chi connectivity index (χ1) is 11.7. The van der Waals surface area contributed by atoms with E-state index in [1.807, 2.05) is 35.2 Å². The van der Waals surface area contributed by atoms with E-state index in [4.69, 9.17) is 4.42 Å². The fourth-order valence-corrected chi connectivity index (χ4v) is 2.96. The third-order valence-electron chi connectivity index (χ3n) is 4.35. The maximum absolute atomic E-state index is 12.8. The monoisotopic (exact) mass is 326 g/mol. The highest BCUT2D eigenvalue weighted by atomic mass is 16.3. The maximum Gasteiger partial charge on any atom is 0.253 e. The van der Waals surface area contributed by atoms with Crippen LogP contribution in [0.4, 0.5) is 0 Å². The molecule has 5 heteroatoms. The number of hydrogen-bond donors (Lipinski definition) is 0. The number of aldehydes is 1. The van der Waals surface area contributed by atoms with E-state index >= 15 is 0 Å². The third-order valence-corrected chi connectivity index (χ3v) is 4.35. The molecule has 0 bridgehead atoms. The first-order valence-corrected chi connectivity index (χ1v) is 8.28. The van der Waals surface area contributed by atoms with Crippen molar-refractivity contribution in [2.24, 2.45) is 0 Å². The second-order valence-corrected chi connectivity index (χ2v) is 6.17. The fourth-order valence-electron chi connectivity index (χ4n) is 2.96. The second kappa shape index (κ2) is 7.45. The molecule has 1 aromatic heterocycles. The average molecular weight is 326 g/mol. The average Bonchev–Trinajstić information content (AvgIpc) is 2.96. The zero-order valence-corrected chi connectivity index (χ0v) is 13.9. The lowest BCUT2D eigenvalue weighted by molar-refractivity contribution is -0.107. The van der Waals surface area contributed by atoms with E-state index in [0.29, 0.717) is 17.1 Å². The Hall–Kier alpha value is -2.40. The molecular weight excluding hydrogens is 304 g/mol. The molecule has 1 aromatic carbocycles. The maximum atomic E-state index is 12.8. The molecule has 3 rings (SSSR count). The zero-order chi connectivity index (χ0) is 16.9. The molecule has 126 valence electrons. The largest absolute Gasteiger partial charge is 0.461 e. The molecule has 0 aliphatic carbocycles. The SMILES string of the molecule is CN1CCCN(C(=O)c2cccc(-c3ccc(CC=O)o3)c2)CC1. The van der Waals surface area contributed by atoms with Gasteiger partial charge in [0.05, 0.1) is 6.42 Å². The predicted molar refractivity (Wildman–Crippen MR) is 91.9 cm³/mol. The van der Waals surface area contributed by atoms with Gasteiger partial charge in [0, 0.05) is 30.8 Å².